The Kier molecular flexibility index (Phi) is 4.16. The van der Waals surface area contributed by atoms with Gasteiger partial charge in [0.15, 0.2) is 0 Å². The van der Waals surface area contributed by atoms with E-state index in [1.165, 1.54) is 37.1 Å². The summed E-state index contributed by atoms with van der Waals surface area (Å²) in [6, 6.07) is 8.53. The molecular weight excluding hydrogens is 248 g/mol. The first-order chi connectivity index (χ1) is 9.74. The summed E-state index contributed by atoms with van der Waals surface area (Å²) in [6.45, 7) is 2.82. The molecule has 0 amide bonds. The lowest BCUT2D eigenvalue weighted by molar-refractivity contribution is 0.148. The van der Waals surface area contributed by atoms with Gasteiger partial charge in [-0.05, 0) is 24.5 Å². The van der Waals surface area contributed by atoms with Crippen LogP contribution in [0.3, 0.4) is 0 Å². The van der Waals surface area contributed by atoms with Crippen LogP contribution >= 0.6 is 0 Å². The Morgan fingerprint density at radius 3 is 2.60 bits per heavy atom. The summed E-state index contributed by atoms with van der Waals surface area (Å²) in [7, 11) is 2.14. The SMILES string of the molecule is CN1CCN(CC(O)CC2CCCC2)c2ccccc21. The average molecular weight is 274 g/mol. The fourth-order valence-corrected chi connectivity index (χ4v) is 3.72. The number of para-hydroxylation sites is 2. The number of hydrogen-bond acceptors (Lipinski definition) is 3. The van der Waals surface area contributed by atoms with Crippen LogP contribution in [0.2, 0.25) is 0 Å². The van der Waals surface area contributed by atoms with Crippen LogP contribution in [0, 0.1) is 5.92 Å². The van der Waals surface area contributed by atoms with Gasteiger partial charge in [0.25, 0.3) is 0 Å². The standard InChI is InChI=1S/C17H26N2O/c1-18-10-11-19(17-9-5-4-8-16(17)18)13-15(20)12-14-6-2-3-7-14/h4-5,8-9,14-15,20H,2-3,6-7,10-13H2,1H3. The van der Waals surface area contributed by atoms with Crippen LogP contribution in [0.5, 0.6) is 0 Å². The molecule has 20 heavy (non-hydrogen) atoms. The summed E-state index contributed by atoms with van der Waals surface area (Å²) in [5.74, 6) is 0.757. The van der Waals surface area contributed by atoms with Gasteiger partial charge >= 0.3 is 0 Å². The number of aliphatic hydroxyl groups excluding tert-OH is 1. The van der Waals surface area contributed by atoms with Crippen LogP contribution in [0.4, 0.5) is 11.4 Å². The van der Waals surface area contributed by atoms with Gasteiger partial charge in [-0.15, -0.1) is 0 Å². The van der Waals surface area contributed by atoms with E-state index in [9.17, 15) is 5.11 Å². The zero-order valence-corrected chi connectivity index (χ0v) is 12.5. The lowest BCUT2D eigenvalue weighted by atomic mass is 9.99. The fraction of sp³-hybridized carbons (Fsp3) is 0.647. The molecule has 1 heterocycles. The Morgan fingerprint density at radius 1 is 1.15 bits per heavy atom. The van der Waals surface area contributed by atoms with E-state index in [-0.39, 0.29) is 6.10 Å². The third-order valence-electron chi connectivity index (χ3n) is 4.85. The molecule has 110 valence electrons. The highest BCUT2D eigenvalue weighted by Gasteiger charge is 2.24. The Balaban J connectivity index is 1.64. The monoisotopic (exact) mass is 274 g/mol. The molecular formula is C17H26N2O. The third-order valence-corrected chi connectivity index (χ3v) is 4.85. The van der Waals surface area contributed by atoms with Gasteiger partial charge in [0, 0.05) is 26.7 Å². The molecule has 3 heteroatoms. The second-order valence-electron chi connectivity index (χ2n) is 6.40. The number of nitrogens with zero attached hydrogens (tertiary/aromatic N) is 2. The molecule has 3 nitrogen and oxygen atoms in total. The number of β-amino-alcohol motifs (C(OH)–C–C–N with tert-alkyl or cyclic N) is 1. The molecule has 1 fully saturated rings. The van der Waals surface area contributed by atoms with Crippen LogP contribution in [-0.4, -0.2) is 37.9 Å². The van der Waals surface area contributed by atoms with E-state index in [0.29, 0.717) is 0 Å². The zero-order chi connectivity index (χ0) is 13.9. The van der Waals surface area contributed by atoms with Crippen LogP contribution in [0.1, 0.15) is 32.1 Å². The maximum Gasteiger partial charge on any atom is 0.0717 e. The minimum Gasteiger partial charge on any atom is -0.391 e. The van der Waals surface area contributed by atoms with E-state index < -0.39 is 0 Å². The Hall–Kier alpha value is -1.22. The van der Waals surface area contributed by atoms with Crippen LogP contribution < -0.4 is 9.80 Å². The Labute approximate surface area is 122 Å². The molecule has 1 aromatic carbocycles. The van der Waals surface area contributed by atoms with Gasteiger partial charge in [-0.25, -0.2) is 0 Å². The molecule has 1 aromatic rings. The van der Waals surface area contributed by atoms with E-state index in [1.807, 2.05) is 0 Å². The predicted molar refractivity (Wildman–Crippen MR) is 84.5 cm³/mol. The van der Waals surface area contributed by atoms with E-state index in [0.717, 1.165) is 32.0 Å². The second-order valence-corrected chi connectivity index (χ2v) is 6.40. The quantitative estimate of drug-likeness (QED) is 0.914. The first kappa shape index (κ1) is 13.7. The van der Waals surface area contributed by atoms with E-state index in [2.05, 4.69) is 41.1 Å². The van der Waals surface area contributed by atoms with Crippen molar-refractivity contribution in [2.24, 2.45) is 5.92 Å². The van der Waals surface area contributed by atoms with Gasteiger partial charge in [-0.3, -0.25) is 0 Å². The van der Waals surface area contributed by atoms with Gasteiger partial charge in [0.1, 0.15) is 0 Å². The number of rotatable bonds is 4. The van der Waals surface area contributed by atoms with Crippen molar-refractivity contribution in [3.8, 4) is 0 Å². The zero-order valence-electron chi connectivity index (χ0n) is 12.5. The van der Waals surface area contributed by atoms with Crippen molar-refractivity contribution in [1.82, 2.24) is 0 Å². The fourth-order valence-electron chi connectivity index (χ4n) is 3.72. The van der Waals surface area contributed by atoms with Gasteiger partial charge in [0.2, 0.25) is 0 Å². The van der Waals surface area contributed by atoms with Crippen molar-refractivity contribution in [3.63, 3.8) is 0 Å². The predicted octanol–water partition coefficient (Wildman–Crippen LogP) is 2.88. The summed E-state index contributed by atoms with van der Waals surface area (Å²) in [4.78, 5) is 4.66. The van der Waals surface area contributed by atoms with Crippen LogP contribution in [0.15, 0.2) is 24.3 Å². The molecule has 1 aliphatic heterocycles. The summed E-state index contributed by atoms with van der Waals surface area (Å²) >= 11 is 0. The number of hydrogen-bond donors (Lipinski definition) is 1. The molecule has 0 aromatic heterocycles. The summed E-state index contributed by atoms with van der Waals surface area (Å²) < 4.78 is 0. The van der Waals surface area contributed by atoms with Crippen molar-refractivity contribution in [3.05, 3.63) is 24.3 Å². The second kappa shape index (κ2) is 6.04. The topological polar surface area (TPSA) is 26.7 Å². The maximum atomic E-state index is 10.4. The summed E-state index contributed by atoms with van der Waals surface area (Å²) in [5.41, 5.74) is 2.55. The van der Waals surface area contributed by atoms with Gasteiger partial charge in [-0.1, -0.05) is 37.8 Å². The minimum absolute atomic E-state index is 0.186. The van der Waals surface area contributed by atoms with Gasteiger partial charge in [0.05, 0.1) is 17.5 Å². The Bertz CT molecular complexity index is 442. The third kappa shape index (κ3) is 2.93. The van der Waals surface area contributed by atoms with Crippen molar-refractivity contribution in [2.75, 3.05) is 36.5 Å². The molecule has 0 saturated heterocycles. The first-order valence-corrected chi connectivity index (χ1v) is 7.97. The number of fused-ring (bicyclic) bond motifs is 1. The summed E-state index contributed by atoms with van der Waals surface area (Å²) in [5, 5.41) is 10.4. The molecule has 0 radical (unpaired) electrons. The maximum absolute atomic E-state index is 10.4. The van der Waals surface area contributed by atoms with Gasteiger partial charge < -0.3 is 14.9 Å². The van der Waals surface area contributed by atoms with Crippen LogP contribution in [-0.2, 0) is 0 Å². The van der Waals surface area contributed by atoms with Crippen molar-refractivity contribution >= 4 is 11.4 Å². The largest absolute Gasteiger partial charge is 0.391 e. The van der Waals surface area contributed by atoms with Crippen molar-refractivity contribution in [2.45, 2.75) is 38.2 Å². The molecule has 3 rings (SSSR count). The highest BCUT2D eigenvalue weighted by atomic mass is 16.3. The Morgan fingerprint density at radius 2 is 1.85 bits per heavy atom. The lowest BCUT2D eigenvalue weighted by Crippen LogP contribution is -2.43. The van der Waals surface area contributed by atoms with E-state index in [4.69, 9.17) is 0 Å². The lowest BCUT2D eigenvalue weighted by Gasteiger charge is -2.38. The van der Waals surface area contributed by atoms with Crippen molar-refractivity contribution < 1.29 is 5.11 Å². The molecule has 0 bridgehead atoms. The molecule has 1 N–H and O–H groups in total. The van der Waals surface area contributed by atoms with Crippen molar-refractivity contribution in [1.29, 1.82) is 0 Å². The highest BCUT2D eigenvalue weighted by Crippen LogP contribution is 2.33. The molecule has 1 saturated carbocycles. The number of anilines is 2. The van der Waals surface area contributed by atoms with E-state index in [1.54, 1.807) is 0 Å². The molecule has 0 spiro atoms. The summed E-state index contributed by atoms with van der Waals surface area (Å²) in [6.07, 6.45) is 6.14. The first-order valence-electron chi connectivity index (χ1n) is 7.97. The number of benzene rings is 1. The van der Waals surface area contributed by atoms with E-state index >= 15 is 0 Å². The molecule has 1 unspecified atom stereocenters. The number of likely N-dealkylation sites (N-methyl/N-ethyl adjacent to an activating group) is 1. The molecule has 2 aliphatic rings. The smallest absolute Gasteiger partial charge is 0.0717 e. The number of aliphatic hydroxyl groups is 1. The average Bonchev–Trinajstić information content (AvgIpc) is 2.95. The minimum atomic E-state index is -0.186. The molecule has 1 aliphatic carbocycles. The molecule has 1 atom stereocenters. The van der Waals surface area contributed by atoms with Gasteiger partial charge in [-0.2, -0.15) is 0 Å². The highest BCUT2D eigenvalue weighted by molar-refractivity contribution is 5.73. The van der Waals surface area contributed by atoms with Crippen LogP contribution in [0.25, 0.3) is 0 Å². The normalized spacial score (nSPS) is 21.1.